The lowest BCUT2D eigenvalue weighted by atomic mass is 9.93. The van der Waals surface area contributed by atoms with Gasteiger partial charge in [0.05, 0.1) is 30.4 Å². The molecule has 0 bridgehead atoms. The number of carbonyl (C=O) groups excluding carboxylic acids is 5. The first-order valence-electron chi connectivity index (χ1n) is 15.3. The SMILES string of the molecule is Cc1ncc(C(=O)NCC(=O)N2CCC[C@H]2C(=O)N[C@@H](CCc2ccccc2)C(=O)N[C@@H](CCC(C)C)C(=O)[C@@]2(C)CO2)s1. The fourth-order valence-corrected chi connectivity index (χ4v) is 6.00. The zero-order valence-corrected chi connectivity index (χ0v) is 26.7. The lowest BCUT2D eigenvalue weighted by Crippen LogP contribution is -2.56. The second-order valence-corrected chi connectivity index (χ2v) is 13.4. The van der Waals surface area contributed by atoms with Gasteiger partial charge in [-0.1, -0.05) is 44.2 Å². The Labute approximate surface area is 262 Å². The molecule has 0 unspecified atom stereocenters. The highest BCUT2D eigenvalue weighted by Gasteiger charge is 2.50. The predicted molar refractivity (Wildman–Crippen MR) is 166 cm³/mol. The molecule has 4 atom stereocenters. The van der Waals surface area contributed by atoms with Crippen molar-refractivity contribution in [1.29, 1.82) is 0 Å². The van der Waals surface area contributed by atoms with Crippen molar-refractivity contribution in [2.75, 3.05) is 19.7 Å². The predicted octanol–water partition coefficient (Wildman–Crippen LogP) is 2.57. The maximum Gasteiger partial charge on any atom is 0.263 e. The van der Waals surface area contributed by atoms with Crippen molar-refractivity contribution in [3.05, 3.63) is 52.0 Å². The van der Waals surface area contributed by atoms with Crippen LogP contribution >= 0.6 is 11.3 Å². The maximum absolute atomic E-state index is 13.7. The van der Waals surface area contributed by atoms with Gasteiger partial charge in [-0.05, 0) is 63.9 Å². The third-order valence-electron chi connectivity index (χ3n) is 8.08. The number of likely N-dealkylation sites (tertiary alicyclic amines) is 1. The number of hydrogen-bond acceptors (Lipinski definition) is 8. The van der Waals surface area contributed by atoms with E-state index in [1.165, 1.54) is 22.4 Å². The van der Waals surface area contributed by atoms with Crippen LogP contribution in [0.1, 0.15) is 73.1 Å². The number of epoxide rings is 1. The van der Waals surface area contributed by atoms with Crippen molar-refractivity contribution in [3.8, 4) is 0 Å². The Balaban J connectivity index is 1.43. The van der Waals surface area contributed by atoms with Crippen LogP contribution in [-0.4, -0.2) is 82.7 Å². The van der Waals surface area contributed by atoms with Crippen LogP contribution in [0, 0.1) is 12.8 Å². The molecule has 2 fully saturated rings. The molecule has 0 aliphatic carbocycles. The van der Waals surface area contributed by atoms with Crippen molar-refractivity contribution in [1.82, 2.24) is 25.8 Å². The van der Waals surface area contributed by atoms with Crippen molar-refractivity contribution in [2.45, 2.75) is 89.9 Å². The number of carbonyl (C=O) groups is 5. The molecule has 11 nitrogen and oxygen atoms in total. The van der Waals surface area contributed by atoms with Crippen LogP contribution in [-0.2, 0) is 30.3 Å². The molecule has 1 aromatic heterocycles. The summed E-state index contributed by atoms with van der Waals surface area (Å²) in [4.78, 5) is 71.9. The van der Waals surface area contributed by atoms with Crippen molar-refractivity contribution in [3.63, 3.8) is 0 Å². The van der Waals surface area contributed by atoms with Crippen LogP contribution in [0.5, 0.6) is 0 Å². The first-order valence-corrected chi connectivity index (χ1v) is 16.1. The number of benzene rings is 1. The molecule has 12 heteroatoms. The fraction of sp³-hybridized carbons (Fsp3) is 0.562. The first-order chi connectivity index (χ1) is 21.0. The largest absolute Gasteiger partial charge is 0.361 e. The van der Waals surface area contributed by atoms with Crippen LogP contribution in [0.2, 0.25) is 0 Å². The van der Waals surface area contributed by atoms with E-state index >= 15 is 0 Å². The molecule has 3 N–H and O–H groups in total. The van der Waals surface area contributed by atoms with Gasteiger partial charge in [0.15, 0.2) is 5.78 Å². The van der Waals surface area contributed by atoms with Gasteiger partial charge >= 0.3 is 0 Å². The molecule has 3 heterocycles. The highest BCUT2D eigenvalue weighted by Crippen LogP contribution is 2.29. The number of nitrogens with zero attached hydrogens (tertiary/aromatic N) is 2. The van der Waals surface area contributed by atoms with Crippen molar-refractivity contribution >= 4 is 40.7 Å². The summed E-state index contributed by atoms with van der Waals surface area (Å²) in [5.41, 5.74) is 0.117. The van der Waals surface area contributed by atoms with Crippen LogP contribution in [0.4, 0.5) is 0 Å². The molecule has 2 aliphatic heterocycles. The minimum Gasteiger partial charge on any atom is -0.361 e. The van der Waals surface area contributed by atoms with E-state index in [9.17, 15) is 24.0 Å². The van der Waals surface area contributed by atoms with Gasteiger partial charge in [0.2, 0.25) is 17.7 Å². The third-order valence-corrected chi connectivity index (χ3v) is 8.99. The molecule has 4 amide bonds. The summed E-state index contributed by atoms with van der Waals surface area (Å²) >= 11 is 1.23. The normalized spacial score (nSPS) is 20.6. The Kier molecular flexibility index (Phi) is 11.3. The van der Waals surface area contributed by atoms with Gasteiger partial charge in [-0.3, -0.25) is 24.0 Å². The Hall–Kier alpha value is -3.64. The molecule has 2 saturated heterocycles. The standard InChI is InChI=1S/C32H43N5O6S/c1-20(2)12-14-23(28(39)32(4)19-43-32)35-29(40)24(15-13-22-9-6-5-7-10-22)36-30(41)25-11-8-16-37(25)27(38)18-34-31(42)26-17-33-21(3)44-26/h5-7,9-10,17,20,23-25H,8,11-16,18-19H2,1-4H3,(H,34,42)(H,35,40)(H,36,41)/t23-,24-,25-,32+/m0/s1. The number of amides is 4. The average Bonchev–Trinajstić information content (AvgIpc) is 3.36. The molecular formula is C32H43N5O6S. The van der Waals surface area contributed by atoms with Crippen LogP contribution in [0.25, 0.3) is 0 Å². The van der Waals surface area contributed by atoms with E-state index in [-0.39, 0.29) is 18.2 Å². The van der Waals surface area contributed by atoms with Crippen LogP contribution in [0.15, 0.2) is 36.5 Å². The summed E-state index contributed by atoms with van der Waals surface area (Å²) in [5.74, 6) is -1.47. The molecule has 238 valence electrons. The van der Waals surface area contributed by atoms with E-state index in [1.807, 2.05) is 30.3 Å². The number of ether oxygens (including phenoxy) is 1. The lowest BCUT2D eigenvalue weighted by Gasteiger charge is -2.28. The van der Waals surface area contributed by atoms with Gasteiger partial charge in [-0.2, -0.15) is 0 Å². The van der Waals surface area contributed by atoms with Gasteiger partial charge in [-0.15, -0.1) is 11.3 Å². The zero-order valence-electron chi connectivity index (χ0n) is 25.9. The van der Waals surface area contributed by atoms with E-state index < -0.39 is 41.4 Å². The van der Waals surface area contributed by atoms with Gasteiger partial charge < -0.3 is 25.6 Å². The average molecular weight is 626 g/mol. The summed E-state index contributed by atoms with van der Waals surface area (Å²) in [6, 6.07) is 7.23. The van der Waals surface area contributed by atoms with Crippen molar-refractivity contribution < 1.29 is 28.7 Å². The zero-order chi connectivity index (χ0) is 31.9. The summed E-state index contributed by atoms with van der Waals surface area (Å²) in [7, 11) is 0. The number of aryl methyl sites for hydroxylation is 2. The van der Waals surface area contributed by atoms with E-state index in [0.717, 1.165) is 17.0 Å². The Morgan fingerprint density at radius 3 is 2.43 bits per heavy atom. The summed E-state index contributed by atoms with van der Waals surface area (Å²) in [6.07, 6.45) is 4.58. The molecule has 0 radical (unpaired) electrons. The third kappa shape index (κ3) is 8.95. The summed E-state index contributed by atoms with van der Waals surface area (Å²) in [5, 5.41) is 9.17. The number of Topliss-reactive ketones (excluding diaryl/α,β-unsaturated/α-hetero) is 1. The highest BCUT2D eigenvalue weighted by molar-refractivity contribution is 7.13. The molecule has 44 heavy (non-hydrogen) atoms. The number of nitrogens with one attached hydrogen (secondary N) is 3. The van der Waals surface area contributed by atoms with E-state index in [1.54, 1.807) is 13.8 Å². The Morgan fingerprint density at radius 2 is 1.80 bits per heavy atom. The van der Waals surface area contributed by atoms with Gasteiger partial charge in [-0.25, -0.2) is 4.98 Å². The van der Waals surface area contributed by atoms with Gasteiger partial charge in [0.25, 0.3) is 5.91 Å². The molecule has 4 rings (SSSR count). The van der Waals surface area contributed by atoms with Crippen LogP contribution < -0.4 is 16.0 Å². The minimum atomic E-state index is -0.920. The first kappa shape index (κ1) is 33.3. The van der Waals surface area contributed by atoms with Crippen molar-refractivity contribution in [2.24, 2.45) is 5.92 Å². The fourth-order valence-electron chi connectivity index (χ4n) is 5.30. The Bertz CT molecular complexity index is 1340. The second kappa shape index (κ2) is 14.9. The minimum absolute atomic E-state index is 0.164. The number of thiazole rings is 1. The van der Waals surface area contributed by atoms with E-state index in [4.69, 9.17) is 4.74 Å². The van der Waals surface area contributed by atoms with Crippen LogP contribution in [0.3, 0.4) is 0 Å². The van der Waals surface area contributed by atoms with Gasteiger partial charge in [0.1, 0.15) is 22.6 Å². The smallest absolute Gasteiger partial charge is 0.263 e. The quantitative estimate of drug-likeness (QED) is 0.258. The summed E-state index contributed by atoms with van der Waals surface area (Å²) < 4.78 is 5.38. The number of hydrogen-bond donors (Lipinski definition) is 3. The lowest BCUT2D eigenvalue weighted by molar-refractivity contribution is -0.139. The monoisotopic (exact) mass is 625 g/mol. The number of aromatic nitrogens is 1. The molecule has 2 aromatic rings. The van der Waals surface area contributed by atoms with Gasteiger partial charge in [0, 0.05) is 6.54 Å². The van der Waals surface area contributed by atoms with E-state index in [2.05, 4.69) is 34.8 Å². The molecule has 1 aromatic carbocycles. The summed E-state index contributed by atoms with van der Waals surface area (Å²) in [6.45, 7) is 8.08. The van der Waals surface area contributed by atoms with E-state index in [0.29, 0.717) is 56.1 Å². The molecular weight excluding hydrogens is 582 g/mol. The Morgan fingerprint density at radius 1 is 1.07 bits per heavy atom. The second-order valence-electron chi connectivity index (χ2n) is 12.2. The number of rotatable bonds is 15. The topological polar surface area (TPSA) is 150 Å². The highest BCUT2D eigenvalue weighted by atomic mass is 32.1. The molecule has 2 aliphatic rings. The molecule has 0 saturated carbocycles. The number of ketones is 1. The maximum atomic E-state index is 13.7. The molecule has 0 spiro atoms.